The molecule has 0 aliphatic heterocycles. The molecule has 2 aromatic rings. The van der Waals surface area contributed by atoms with E-state index in [4.69, 9.17) is 5.73 Å². The fraction of sp³-hybridized carbons (Fsp3) is 0.182. The molecule has 1 aromatic carbocycles. The van der Waals surface area contributed by atoms with Gasteiger partial charge in [-0.15, -0.1) is 0 Å². The highest BCUT2D eigenvalue weighted by Gasteiger charge is 2.08. The van der Waals surface area contributed by atoms with Gasteiger partial charge in [0, 0.05) is 15.6 Å². The normalized spacial score (nSPS) is 10.8. The van der Waals surface area contributed by atoms with Crippen LogP contribution in [0.5, 0.6) is 0 Å². The number of benzene rings is 1. The minimum atomic E-state index is -0.314. The predicted octanol–water partition coefficient (Wildman–Crippen LogP) is 2.27. The molecule has 0 saturated carbocycles. The lowest BCUT2D eigenvalue weighted by Gasteiger charge is -2.01. The first kappa shape index (κ1) is 10.2. The Kier molecular flexibility index (Phi) is 2.52. The maximum Gasteiger partial charge on any atom is 0.221 e. The quantitative estimate of drug-likeness (QED) is 0.861. The zero-order chi connectivity index (χ0) is 11.0. The summed E-state index contributed by atoms with van der Waals surface area (Å²) in [4.78, 5) is 14.1. The number of nitrogens with one attached hydrogen (secondary N) is 1. The van der Waals surface area contributed by atoms with Crippen LogP contribution in [-0.4, -0.2) is 10.9 Å². The van der Waals surface area contributed by atoms with Gasteiger partial charge in [0.2, 0.25) is 5.91 Å². The summed E-state index contributed by atoms with van der Waals surface area (Å²) in [6, 6.07) is 5.89. The Bertz CT molecular complexity index is 531. The zero-order valence-corrected chi connectivity index (χ0v) is 9.89. The molecule has 0 spiro atoms. The molecule has 0 aliphatic rings. The standard InChI is InChI=1S/C11H11BrN2O/c1-6-4-8-9(12)3-2-7(5-10(13)15)11(8)14-6/h2-4,14H,5H2,1H3,(H2,13,15). The number of aromatic nitrogens is 1. The molecule has 0 fully saturated rings. The van der Waals surface area contributed by atoms with Gasteiger partial charge in [0.25, 0.3) is 0 Å². The Labute approximate surface area is 95.8 Å². The van der Waals surface area contributed by atoms with Crippen LogP contribution < -0.4 is 5.73 Å². The Morgan fingerprint density at radius 2 is 2.27 bits per heavy atom. The van der Waals surface area contributed by atoms with Crippen LogP contribution in [-0.2, 0) is 11.2 Å². The number of fused-ring (bicyclic) bond motifs is 1. The van der Waals surface area contributed by atoms with Crippen LogP contribution >= 0.6 is 15.9 Å². The number of aromatic amines is 1. The van der Waals surface area contributed by atoms with Crippen LogP contribution in [0.25, 0.3) is 10.9 Å². The summed E-state index contributed by atoms with van der Waals surface area (Å²) >= 11 is 3.47. The number of carbonyl (C=O) groups excluding carboxylic acids is 1. The lowest BCUT2D eigenvalue weighted by Crippen LogP contribution is -2.13. The van der Waals surface area contributed by atoms with Crippen LogP contribution in [0, 0.1) is 6.92 Å². The number of primary amides is 1. The summed E-state index contributed by atoms with van der Waals surface area (Å²) in [5.74, 6) is -0.314. The van der Waals surface area contributed by atoms with Gasteiger partial charge in [-0.25, -0.2) is 0 Å². The molecule has 0 unspecified atom stereocenters. The summed E-state index contributed by atoms with van der Waals surface area (Å²) < 4.78 is 1.02. The number of hydrogen-bond donors (Lipinski definition) is 2. The van der Waals surface area contributed by atoms with Gasteiger partial charge in [-0.1, -0.05) is 22.0 Å². The lowest BCUT2D eigenvalue weighted by atomic mass is 10.1. The molecule has 1 heterocycles. The van der Waals surface area contributed by atoms with Gasteiger partial charge >= 0.3 is 0 Å². The summed E-state index contributed by atoms with van der Waals surface area (Å²) in [7, 11) is 0. The van der Waals surface area contributed by atoms with E-state index in [2.05, 4.69) is 20.9 Å². The molecule has 78 valence electrons. The number of halogens is 1. The van der Waals surface area contributed by atoms with Crippen molar-refractivity contribution >= 4 is 32.7 Å². The number of carbonyl (C=O) groups is 1. The molecule has 0 atom stereocenters. The van der Waals surface area contributed by atoms with Crippen molar-refractivity contribution in [3.63, 3.8) is 0 Å². The smallest absolute Gasteiger partial charge is 0.221 e. The maximum atomic E-state index is 10.9. The van der Waals surface area contributed by atoms with E-state index in [0.29, 0.717) is 0 Å². The third-order valence-electron chi connectivity index (χ3n) is 2.33. The molecule has 0 radical (unpaired) electrons. The highest BCUT2D eigenvalue weighted by atomic mass is 79.9. The molecular weight excluding hydrogens is 256 g/mol. The second-order valence-electron chi connectivity index (χ2n) is 3.59. The summed E-state index contributed by atoms with van der Waals surface area (Å²) in [6.07, 6.45) is 0.268. The van der Waals surface area contributed by atoms with Gasteiger partial charge in [0.05, 0.1) is 11.9 Å². The van der Waals surface area contributed by atoms with Crippen LogP contribution in [0.2, 0.25) is 0 Å². The Morgan fingerprint density at radius 3 is 2.93 bits per heavy atom. The van der Waals surface area contributed by atoms with Crippen molar-refractivity contribution < 1.29 is 4.79 Å². The highest BCUT2D eigenvalue weighted by Crippen LogP contribution is 2.27. The topological polar surface area (TPSA) is 58.9 Å². The average molecular weight is 267 g/mol. The van der Waals surface area contributed by atoms with E-state index in [1.807, 2.05) is 25.1 Å². The largest absolute Gasteiger partial charge is 0.369 e. The maximum absolute atomic E-state index is 10.9. The van der Waals surface area contributed by atoms with E-state index >= 15 is 0 Å². The Hall–Kier alpha value is -1.29. The Balaban J connectivity index is 2.65. The summed E-state index contributed by atoms with van der Waals surface area (Å²) in [6.45, 7) is 1.99. The van der Waals surface area contributed by atoms with E-state index < -0.39 is 0 Å². The molecular formula is C11H11BrN2O. The van der Waals surface area contributed by atoms with Gasteiger partial charge in [0.1, 0.15) is 0 Å². The lowest BCUT2D eigenvalue weighted by molar-refractivity contribution is -0.117. The SMILES string of the molecule is Cc1cc2c(Br)ccc(CC(N)=O)c2[nH]1. The van der Waals surface area contributed by atoms with Gasteiger partial charge in [-0.05, 0) is 24.6 Å². The molecule has 0 bridgehead atoms. The van der Waals surface area contributed by atoms with Crippen LogP contribution in [0.4, 0.5) is 0 Å². The number of amides is 1. The number of nitrogens with two attached hydrogens (primary N) is 1. The molecule has 3 N–H and O–H groups in total. The number of H-pyrrole nitrogens is 1. The van der Waals surface area contributed by atoms with Gasteiger partial charge in [-0.2, -0.15) is 0 Å². The summed E-state index contributed by atoms with van der Waals surface area (Å²) in [5, 5.41) is 1.09. The first-order valence-corrected chi connectivity index (χ1v) is 5.42. The van der Waals surface area contributed by atoms with Gasteiger partial charge in [0.15, 0.2) is 0 Å². The third kappa shape index (κ3) is 1.90. The highest BCUT2D eigenvalue weighted by molar-refractivity contribution is 9.10. The van der Waals surface area contributed by atoms with Crippen LogP contribution in [0.15, 0.2) is 22.7 Å². The molecule has 1 aromatic heterocycles. The fourth-order valence-electron chi connectivity index (χ4n) is 1.71. The average Bonchev–Trinajstić information content (AvgIpc) is 2.52. The van der Waals surface area contributed by atoms with Gasteiger partial charge < -0.3 is 10.7 Å². The van der Waals surface area contributed by atoms with E-state index in [-0.39, 0.29) is 12.3 Å². The third-order valence-corrected chi connectivity index (χ3v) is 3.02. The first-order valence-electron chi connectivity index (χ1n) is 4.63. The van der Waals surface area contributed by atoms with E-state index in [1.54, 1.807) is 0 Å². The van der Waals surface area contributed by atoms with E-state index in [0.717, 1.165) is 26.6 Å². The Morgan fingerprint density at radius 1 is 1.53 bits per heavy atom. The molecule has 2 rings (SSSR count). The second-order valence-corrected chi connectivity index (χ2v) is 4.44. The molecule has 1 amide bonds. The van der Waals surface area contributed by atoms with Crippen molar-refractivity contribution in [2.24, 2.45) is 5.73 Å². The number of rotatable bonds is 2. The van der Waals surface area contributed by atoms with Crippen molar-refractivity contribution in [1.82, 2.24) is 4.98 Å². The fourth-order valence-corrected chi connectivity index (χ4v) is 2.16. The minimum absolute atomic E-state index is 0.268. The summed E-state index contributed by atoms with van der Waals surface area (Å²) in [5.41, 5.74) is 8.19. The van der Waals surface area contributed by atoms with E-state index in [1.165, 1.54) is 0 Å². The number of hydrogen-bond acceptors (Lipinski definition) is 1. The van der Waals surface area contributed by atoms with Crippen molar-refractivity contribution in [2.75, 3.05) is 0 Å². The van der Waals surface area contributed by atoms with E-state index in [9.17, 15) is 4.79 Å². The molecule has 0 saturated heterocycles. The van der Waals surface area contributed by atoms with Crippen LogP contribution in [0.1, 0.15) is 11.3 Å². The molecule has 15 heavy (non-hydrogen) atoms. The van der Waals surface area contributed by atoms with Crippen LogP contribution in [0.3, 0.4) is 0 Å². The second kappa shape index (κ2) is 3.70. The van der Waals surface area contributed by atoms with Crippen molar-refractivity contribution in [3.8, 4) is 0 Å². The van der Waals surface area contributed by atoms with Crippen molar-refractivity contribution in [1.29, 1.82) is 0 Å². The zero-order valence-electron chi connectivity index (χ0n) is 8.30. The monoisotopic (exact) mass is 266 g/mol. The van der Waals surface area contributed by atoms with Crippen molar-refractivity contribution in [2.45, 2.75) is 13.3 Å². The molecule has 3 nitrogen and oxygen atoms in total. The number of aryl methyl sites for hydroxylation is 1. The molecule has 4 heteroatoms. The first-order chi connectivity index (χ1) is 7.08. The minimum Gasteiger partial charge on any atom is -0.369 e. The molecule has 0 aliphatic carbocycles. The predicted molar refractivity (Wildman–Crippen MR) is 63.6 cm³/mol. The van der Waals surface area contributed by atoms with Gasteiger partial charge in [-0.3, -0.25) is 4.79 Å². The van der Waals surface area contributed by atoms with Crippen molar-refractivity contribution in [3.05, 3.63) is 33.9 Å².